The fraction of sp³-hybridized carbons (Fsp3) is 0.642. The van der Waals surface area contributed by atoms with Gasteiger partial charge in [-0.1, -0.05) is 253 Å². The lowest BCUT2D eigenvalue weighted by atomic mass is 9.88. The Morgan fingerprint density at radius 2 is 0.479 bits per heavy atom. The molecule has 0 saturated heterocycles. The van der Waals surface area contributed by atoms with Crippen molar-refractivity contribution in [2.24, 2.45) is 107 Å². The van der Waals surface area contributed by atoms with E-state index in [1.807, 2.05) is 54.6 Å². The zero-order valence-corrected chi connectivity index (χ0v) is 63.6. The number of alkyl halides is 2. The van der Waals surface area contributed by atoms with Crippen molar-refractivity contribution in [3.05, 3.63) is 153 Å². The zero-order valence-electron chi connectivity index (χ0n) is 63.6. The molecule has 0 radical (unpaired) electrons. The Balaban J connectivity index is -0.000000225. The van der Waals surface area contributed by atoms with Crippen LogP contribution in [0.1, 0.15) is 223 Å². The van der Waals surface area contributed by atoms with Crippen molar-refractivity contribution in [2.75, 3.05) is 6.79 Å². The molecule has 0 fully saturated rings. The second-order valence-electron chi connectivity index (χ2n) is 27.8. The summed E-state index contributed by atoms with van der Waals surface area (Å²) >= 11 is 0. The third-order valence-corrected chi connectivity index (χ3v) is 17.2. The van der Waals surface area contributed by atoms with Gasteiger partial charge in [-0.15, -0.1) is 8.78 Å². The van der Waals surface area contributed by atoms with Gasteiger partial charge in [0.05, 0.1) is 0 Å². The first-order chi connectivity index (χ1) is 43.0. The van der Waals surface area contributed by atoms with Crippen molar-refractivity contribution in [3.8, 4) is 23.0 Å². The summed E-state index contributed by atoms with van der Waals surface area (Å²) < 4.78 is 43.0. The Labute approximate surface area is 578 Å². The van der Waals surface area contributed by atoms with Crippen molar-refractivity contribution in [1.29, 1.82) is 0 Å². The van der Waals surface area contributed by atoms with Gasteiger partial charge in [0.1, 0.15) is 6.33 Å². The number of rotatable bonds is 12. The molecular weight excluding hydrogens is 1170 g/mol. The predicted octanol–water partition coefficient (Wildman–Crippen LogP) is 24.8. The molecule has 0 atom stereocenters. The molecule has 0 amide bonds. The first kappa shape index (κ1) is 99.0. The highest BCUT2D eigenvalue weighted by molar-refractivity contribution is 5.42. The van der Waals surface area contributed by atoms with Crippen molar-refractivity contribution < 1.29 is 27.7 Å². The molecule has 2 aliphatic heterocycles. The molecule has 8 rings (SSSR count). The number of ether oxygens (including phenoxy) is 4. The monoisotopic (exact) mass is 1320 g/mol. The van der Waals surface area contributed by atoms with E-state index in [4.69, 9.17) is 9.47 Å². The largest absolute Gasteiger partial charge is 0.586 e. The van der Waals surface area contributed by atoms with E-state index in [0.717, 1.165) is 118 Å². The molecule has 0 aliphatic carbocycles. The van der Waals surface area contributed by atoms with Gasteiger partial charge in [0.15, 0.2) is 23.0 Å². The minimum Gasteiger partial charge on any atom is -0.454 e. The van der Waals surface area contributed by atoms with Crippen LogP contribution in [0.5, 0.6) is 23.0 Å². The van der Waals surface area contributed by atoms with Gasteiger partial charge >= 0.3 is 6.29 Å². The van der Waals surface area contributed by atoms with Crippen molar-refractivity contribution >= 4 is 0 Å². The van der Waals surface area contributed by atoms with E-state index in [2.05, 4.69) is 252 Å². The Bertz CT molecular complexity index is 1980. The van der Waals surface area contributed by atoms with E-state index >= 15 is 0 Å². The fourth-order valence-electron chi connectivity index (χ4n) is 7.43. The molecule has 13 heteroatoms. The summed E-state index contributed by atoms with van der Waals surface area (Å²) in [5.41, 5.74) is 0. The van der Waals surface area contributed by atoms with Crippen LogP contribution in [0.25, 0.3) is 0 Å². The smallest absolute Gasteiger partial charge is 0.454 e. The summed E-state index contributed by atoms with van der Waals surface area (Å²) in [6.07, 6.45) is 14.7. The van der Waals surface area contributed by atoms with Crippen LogP contribution in [0.4, 0.5) is 8.78 Å². The summed E-state index contributed by atoms with van der Waals surface area (Å²) in [5.74, 6) is 17.2. The summed E-state index contributed by atoms with van der Waals surface area (Å²) in [5, 5.41) is 7.07. The van der Waals surface area contributed by atoms with E-state index in [1.165, 1.54) is 18.5 Å². The van der Waals surface area contributed by atoms with Crippen LogP contribution < -0.4 is 18.9 Å². The first-order valence-corrected chi connectivity index (χ1v) is 34.1. The lowest BCUT2D eigenvalue weighted by Gasteiger charge is -2.18. The van der Waals surface area contributed by atoms with Gasteiger partial charge in [0.25, 0.3) is 0 Å². The van der Waals surface area contributed by atoms with Crippen molar-refractivity contribution in [3.63, 3.8) is 0 Å². The summed E-state index contributed by atoms with van der Waals surface area (Å²) in [4.78, 5) is 18.6. The van der Waals surface area contributed by atoms with Gasteiger partial charge < -0.3 is 18.9 Å². The van der Waals surface area contributed by atoms with E-state index in [1.54, 1.807) is 80.2 Å². The Morgan fingerprint density at radius 1 is 0.266 bits per heavy atom. The second-order valence-corrected chi connectivity index (χ2v) is 27.8. The molecule has 0 bridgehead atoms. The molecule has 0 N–H and O–H groups in total. The van der Waals surface area contributed by atoms with E-state index in [9.17, 15) is 8.78 Å². The third kappa shape index (κ3) is 57.3. The molecule has 4 aromatic heterocycles. The number of fused-ring (bicyclic) bond motifs is 2. The number of nitrogens with zero attached hydrogens (tertiary/aromatic N) is 7. The minimum atomic E-state index is -3.50. The number of para-hydroxylation sites is 4. The molecule has 94 heavy (non-hydrogen) atoms. The van der Waals surface area contributed by atoms with Gasteiger partial charge in [-0.25, -0.2) is 9.97 Å². The Morgan fingerprint density at radius 3 is 0.617 bits per heavy atom. The Kier molecular flexibility index (Phi) is 63.7. The molecule has 0 saturated carbocycles. The molecule has 11 nitrogen and oxygen atoms in total. The highest BCUT2D eigenvalue weighted by Crippen LogP contribution is 2.40. The predicted molar refractivity (Wildman–Crippen MR) is 402 cm³/mol. The van der Waals surface area contributed by atoms with Crippen LogP contribution >= 0.6 is 0 Å². The van der Waals surface area contributed by atoms with E-state index < -0.39 is 6.29 Å². The molecule has 0 spiro atoms. The average molecular weight is 1320 g/mol. The normalized spacial score (nSPS) is 11.6. The lowest BCUT2D eigenvalue weighted by molar-refractivity contribution is -0.286. The number of benzene rings is 2. The highest BCUT2D eigenvalue weighted by atomic mass is 19.3. The summed E-state index contributed by atoms with van der Waals surface area (Å²) in [6.45, 7) is 69.0. The van der Waals surface area contributed by atoms with Gasteiger partial charge in [0, 0.05) is 62.0 Å². The van der Waals surface area contributed by atoms with Gasteiger partial charge in [-0.05, 0) is 161 Å². The lowest BCUT2D eigenvalue weighted by Crippen LogP contribution is -2.25. The highest BCUT2D eigenvalue weighted by Gasteiger charge is 2.43. The van der Waals surface area contributed by atoms with E-state index in [0.29, 0.717) is 6.79 Å². The molecule has 2 aliphatic rings. The molecular formula is C81H143F2N7O4. The zero-order chi connectivity index (χ0) is 71.4. The van der Waals surface area contributed by atoms with Gasteiger partial charge in [-0.3, -0.25) is 15.0 Å². The fourth-order valence-corrected chi connectivity index (χ4v) is 7.43. The quantitative estimate of drug-likeness (QED) is 0.116. The molecule has 6 heterocycles. The Hall–Kier alpha value is -6.11. The topological polar surface area (TPSA) is 127 Å². The number of halogens is 2. The maximum absolute atomic E-state index is 12.3. The van der Waals surface area contributed by atoms with Crippen molar-refractivity contribution in [2.45, 2.75) is 229 Å². The number of pyridine rings is 1. The van der Waals surface area contributed by atoms with Crippen molar-refractivity contribution in [1.82, 2.24) is 35.1 Å². The van der Waals surface area contributed by atoms with Gasteiger partial charge in [-0.2, -0.15) is 10.2 Å². The maximum Gasteiger partial charge on any atom is 0.586 e. The minimum absolute atomic E-state index is 0. The summed E-state index contributed by atoms with van der Waals surface area (Å²) in [6, 6.07) is 24.8. The number of hydrogen-bond donors (Lipinski definition) is 0. The maximum atomic E-state index is 12.3. The third-order valence-electron chi connectivity index (χ3n) is 17.2. The second kappa shape index (κ2) is 60.5. The van der Waals surface area contributed by atoms with Crippen LogP contribution in [-0.2, 0) is 0 Å². The van der Waals surface area contributed by atoms with Crippen LogP contribution in [0.2, 0.25) is 0 Å². The van der Waals surface area contributed by atoms with Crippen LogP contribution in [-0.4, -0.2) is 48.2 Å². The van der Waals surface area contributed by atoms with Crippen LogP contribution in [0.3, 0.4) is 0 Å². The average Bonchev–Trinajstić information content (AvgIpc) is 1.69. The SMILES string of the molecule is C.C.CC(C)C(C)C(C)C.CC(C)C(C)C(C)C.CC(C)C(C)C(C)C.CC(C)C(C)C(C)C.CC(C)C(C)C(C)C.CC(C)C(C)C(C)C.FC1(F)Oc2ccccc2O1.c1ccc2c(c1)OCO2.c1ccncc1.c1ccnnc1.c1cnccn1.c1cncnc1. The number of hydrogen-bond acceptors (Lipinski definition) is 11. The van der Waals surface area contributed by atoms with Crippen LogP contribution in [0.15, 0.2) is 153 Å². The molecule has 6 aromatic rings. The molecule has 2 aromatic carbocycles. The van der Waals surface area contributed by atoms with E-state index in [-0.39, 0.29) is 26.4 Å². The van der Waals surface area contributed by atoms with Crippen LogP contribution in [0, 0.1) is 107 Å². The molecule has 540 valence electrons. The van der Waals surface area contributed by atoms with Gasteiger partial charge in [0.2, 0.25) is 6.79 Å². The number of aromatic nitrogens is 7. The standard InChI is InChI=1S/6C8H18.C7H4F2O2.C7H6O2.C5H5N.3C4H4N2.2CH4/c6*1-6(2)8(5)7(3)4;8-7(9)10-5-3-1-2-4-6(5)11-7;1-2-4-7-6(3-1)8-5-9-7;1-2-4-6-5-3-1;1-2-6-4-3-5-1;1-2-5-4-6-3-1;1-2-4-6-5-3-1;;/h6*6-8H,1-5H3;1-4H;1-4H,5H2;1-5H;3*1-4H;2*1H4. The summed E-state index contributed by atoms with van der Waals surface area (Å²) in [7, 11) is 0. The first-order valence-electron chi connectivity index (χ1n) is 34.1. The molecule has 0 unspecified atom stereocenters.